The maximum Gasteiger partial charge on any atom is 0.326 e. The molecule has 1 saturated carbocycles. The van der Waals surface area contributed by atoms with Crippen molar-refractivity contribution >= 4 is 41.1 Å². The molecule has 0 spiro atoms. The molecule has 3 amide bonds. The Morgan fingerprint density at radius 1 is 0.898 bits per heavy atom. The number of anilines is 1. The molecule has 260 valence electrons. The lowest BCUT2D eigenvalue weighted by molar-refractivity contribution is -0.142. The van der Waals surface area contributed by atoms with Gasteiger partial charge in [0.1, 0.15) is 28.7 Å². The number of aliphatic carboxylic acids is 1. The van der Waals surface area contributed by atoms with E-state index in [2.05, 4.69) is 10.6 Å². The number of nitrogens with one attached hydrogen (secondary N) is 2. The quantitative estimate of drug-likeness (QED) is 0.164. The van der Waals surface area contributed by atoms with Crippen molar-refractivity contribution in [1.29, 1.82) is 0 Å². The number of β-lactam (4-membered cyclic amide) rings is 1. The molecule has 13 heteroatoms. The molecule has 0 bridgehead atoms. The van der Waals surface area contributed by atoms with Crippen LogP contribution in [-0.2, 0) is 19.2 Å². The second-order valence-electron chi connectivity index (χ2n) is 12.3. The molecule has 1 aliphatic carbocycles. The van der Waals surface area contributed by atoms with Crippen LogP contribution in [0.15, 0.2) is 72.8 Å². The Morgan fingerprint density at radius 2 is 1.53 bits per heavy atom. The van der Waals surface area contributed by atoms with E-state index in [-0.39, 0.29) is 30.7 Å². The number of nitrogens with zero attached hydrogens (tertiary/aromatic N) is 1. The van der Waals surface area contributed by atoms with Gasteiger partial charge in [-0.1, -0.05) is 56.4 Å². The van der Waals surface area contributed by atoms with Crippen LogP contribution in [0.1, 0.15) is 61.8 Å². The summed E-state index contributed by atoms with van der Waals surface area (Å²) in [4.78, 5) is 51.3. The van der Waals surface area contributed by atoms with Gasteiger partial charge in [0.05, 0.1) is 18.7 Å². The van der Waals surface area contributed by atoms with Crippen LogP contribution in [-0.4, -0.2) is 64.1 Å². The van der Waals surface area contributed by atoms with Gasteiger partial charge in [0, 0.05) is 11.4 Å². The van der Waals surface area contributed by atoms with Crippen molar-refractivity contribution in [2.24, 2.45) is 5.92 Å². The Labute approximate surface area is 287 Å². The average molecular weight is 696 g/mol. The minimum absolute atomic E-state index is 0.182. The van der Waals surface area contributed by atoms with E-state index in [1.807, 2.05) is 0 Å². The third-order valence-corrected chi connectivity index (χ3v) is 10.1. The van der Waals surface area contributed by atoms with Crippen LogP contribution in [0.25, 0.3) is 0 Å². The number of carboxylic acid groups (broad SMARTS) is 1. The van der Waals surface area contributed by atoms with Crippen molar-refractivity contribution in [3.8, 4) is 5.75 Å². The lowest BCUT2D eigenvalue weighted by Gasteiger charge is -2.47. The second kappa shape index (κ2) is 16.8. The standard InChI is InChI=1S/C36H39F2N3O7S/c37-25-10-6-23(7-11-25)30(42)21-49-34-33(41(35(34)45)27-14-12-26(38)13-15-27)24-8-16-28(17-9-24)48-20-32(44)39-19-31(43)40-29(36(46)47)18-22-4-2-1-3-5-22/h6-17,22,29-30,33-34,42H,1-5,18-21H2,(H,39,44)(H,40,43)(H,46,47)/t29-,30?,33?,34-/m1/s1. The first-order chi connectivity index (χ1) is 23.6. The fourth-order valence-corrected chi connectivity index (χ4v) is 7.48. The maximum absolute atomic E-state index is 13.6. The van der Waals surface area contributed by atoms with Crippen LogP contribution >= 0.6 is 11.8 Å². The van der Waals surface area contributed by atoms with Gasteiger partial charge in [0.25, 0.3) is 5.91 Å². The van der Waals surface area contributed by atoms with Crippen molar-refractivity contribution in [3.05, 3.63) is 95.6 Å². The van der Waals surface area contributed by atoms with Gasteiger partial charge in [-0.15, -0.1) is 11.8 Å². The molecule has 2 aliphatic rings. The number of hydrogen-bond acceptors (Lipinski definition) is 7. The molecule has 1 aliphatic heterocycles. The molecule has 3 aromatic carbocycles. The van der Waals surface area contributed by atoms with E-state index in [0.717, 1.165) is 37.7 Å². The molecule has 0 aromatic heterocycles. The molecular formula is C36H39F2N3O7S. The van der Waals surface area contributed by atoms with E-state index in [4.69, 9.17) is 4.74 Å². The van der Waals surface area contributed by atoms with Crippen LogP contribution in [0.5, 0.6) is 5.75 Å². The molecule has 5 rings (SSSR count). The SMILES string of the molecule is O=C(COc1ccc(C2[C@@H](SCC(O)c3ccc(F)cc3)C(=O)N2c2ccc(F)cc2)cc1)NCC(=O)N[C@H](CC1CCCCC1)C(=O)O. The Balaban J connectivity index is 1.15. The highest BCUT2D eigenvalue weighted by molar-refractivity contribution is 8.00. The Kier molecular flexibility index (Phi) is 12.2. The number of carboxylic acids is 1. The van der Waals surface area contributed by atoms with Crippen LogP contribution < -0.4 is 20.3 Å². The fraction of sp³-hybridized carbons (Fsp3) is 0.389. The second-order valence-corrected chi connectivity index (χ2v) is 13.5. The number of rotatable bonds is 15. The van der Waals surface area contributed by atoms with Crippen molar-refractivity contribution in [2.75, 3.05) is 23.8 Å². The first-order valence-electron chi connectivity index (χ1n) is 16.2. The minimum atomic E-state index is -1.10. The molecule has 3 aromatic rings. The van der Waals surface area contributed by atoms with E-state index in [9.17, 15) is 38.2 Å². The lowest BCUT2D eigenvalue weighted by Crippen LogP contribution is -2.57. The number of thioether (sulfide) groups is 1. The highest BCUT2D eigenvalue weighted by Crippen LogP contribution is 2.46. The van der Waals surface area contributed by atoms with Crippen LogP contribution in [0.3, 0.4) is 0 Å². The number of aliphatic hydroxyl groups excluding tert-OH is 1. The number of hydrogen-bond donors (Lipinski definition) is 4. The molecule has 4 N–H and O–H groups in total. The summed E-state index contributed by atoms with van der Waals surface area (Å²) in [5.41, 5.74) is 1.78. The predicted octanol–water partition coefficient (Wildman–Crippen LogP) is 4.92. The maximum atomic E-state index is 13.6. The Hall–Kier alpha value is -4.49. The first-order valence-corrected chi connectivity index (χ1v) is 17.3. The third kappa shape index (κ3) is 9.57. The summed E-state index contributed by atoms with van der Waals surface area (Å²) in [6, 6.07) is 16.4. The molecule has 1 heterocycles. The molecular weight excluding hydrogens is 656 g/mol. The molecule has 2 fully saturated rings. The lowest BCUT2D eigenvalue weighted by atomic mass is 9.85. The van der Waals surface area contributed by atoms with Gasteiger partial charge in [-0.2, -0.15) is 0 Å². The summed E-state index contributed by atoms with van der Waals surface area (Å²) < 4.78 is 32.6. The topological polar surface area (TPSA) is 145 Å². The van der Waals surface area contributed by atoms with E-state index in [0.29, 0.717) is 23.4 Å². The van der Waals surface area contributed by atoms with Crippen LogP contribution in [0.4, 0.5) is 14.5 Å². The van der Waals surface area contributed by atoms with E-state index >= 15 is 0 Å². The summed E-state index contributed by atoms with van der Waals surface area (Å²) in [7, 11) is 0. The summed E-state index contributed by atoms with van der Waals surface area (Å²) >= 11 is 1.26. The monoisotopic (exact) mass is 695 g/mol. The number of carbonyl (C=O) groups excluding carboxylic acids is 3. The number of ether oxygens (including phenoxy) is 1. The normalized spacial score (nSPS) is 19.0. The highest BCUT2D eigenvalue weighted by atomic mass is 32.2. The van der Waals surface area contributed by atoms with Crippen molar-refractivity contribution in [1.82, 2.24) is 10.6 Å². The average Bonchev–Trinajstić information content (AvgIpc) is 3.10. The summed E-state index contributed by atoms with van der Waals surface area (Å²) in [5.74, 6) is -2.54. The zero-order valence-corrected chi connectivity index (χ0v) is 27.5. The van der Waals surface area contributed by atoms with Crippen LogP contribution in [0.2, 0.25) is 0 Å². The third-order valence-electron chi connectivity index (χ3n) is 8.80. The molecule has 1 saturated heterocycles. The molecule has 0 radical (unpaired) electrons. The summed E-state index contributed by atoms with van der Waals surface area (Å²) in [6.45, 7) is -0.778. The van der Waals surface area contributed by atoms with Crippen molar-refractivity contribution < 1.29 is 42.9 Å². The van der Waals surface area contributed by atoms with Gasteiger partial charge in [-0.25, -0.2) is 13.6 Å². The Bertz CT molecular complexity index is 1600. The molecule has 4 atom stereocenters. The largest absolute Gasteiger partial charge is 0.484 e. The number of benzene rings is 3. The number of carbonyl (C=O) groups is 4. The van der Waals surface area contributed by atoms with Crippen LogP contribution in [0, 0.1) is 17.6 Å². The van der Waals surface area contributed by atoms with Gasteiger partial charge in [0.15, 0.2) is 6.61 Å². The first kappa shape index (κ1) is 35.8. The highest BCUT2D eigenvalue weighted by Gasteiger charge is 2.49. The van der Waals surface area contributed by atoms with Gasteiger partial charge < -0.3 is 30.5 Å². The van der Waals surface area contributed by atoms with Gasteiger partial charge in [0.2, 0.25) is 11.8 Å². The molecule has 2 unspecified atom stereocenters. The van der Waals surface area contributed by atoms with Gasteiger partial charge in [-0.05, 0) is 72.0 Å². The van der Waals surface area contributed by atoms with Gasteiger partial charge in [-0.3, -0.25) is 14.4 Å². The van der Waals surface area contributed by atoms with E-state index in [1.165, 1.54) is 60.3 Å². The smallest absolute Gasteiger partial charge is 0.326 e. The van der Waals surface area contributed by atoms with E-state index < -0.39 is 52.9 Å². The zero-order valence-electron chi connectivity index (χ0n) is 26.7. The zero-order chi connectivity index (χ0) is 34.9. The number of halogens is 2. The Morgan fingerprint density at radius 3 is 2.16 bits per heavy atom. The summed E-state index contributed by atoms with van der Waals surface area (Å²) in [6.07, 6.45) is 4.59. The van der Waals surface area contributed by atoms with Gasteiger partial charge >= 0.3 is 5.97 Å². The molecule has 49 heavy (non-hydrogen) atoms. The van der Waals surface area contributed by atoms with Crippen molar-refractivity contribution in [3.63, 3.8) is 0 Å². The number of amides is 3. The predicted molar refractivity (Wildman–Crippen MR) is 180 cm³/mol. The van der Waals surface area contributed by atoms with E-state index in [1.54, 1.807) is 29.2 Å². The molecule has 10 nitrogen and oxygen atoms in total. The summed E-state index contributed by atoms with van der Waals surface area (Å²) in [5, 5.41) is 24.6. The number of aliphatic hydroxyl groups is 1. The van der Waals surface area contributed by atoms with Crippen molar-refractivity contribution in [2.45, 2.75) is 62.0 Å². The fourth-order valence-electron chi connectivity index (χ4n) is 6.18. The minimum Gasteiger partial charge on any atom is -0.484 e.